The molecule has 0 aromatic heterocycles. The predicted octanol–water partition coefficient (Wildman–Crippen LogP) is 3.38. The lowest BCUT2D eigenvalue weighted by Crippen LogP contribution is -2.14. The van der Waals surface area contributed by atoms with Crippen LogP contribution >= 0.6 is 0 Å². The molecule has 0 aliphatic heterocycles. The molecule has 1 aliphatic carbocycles. The van der Waals surface area contributed by atoms with Crippen molar-refractivity contribution in [2.24, 2.45) is 11.7 Å². The Labute approximate surface area is 108 Å². The quantitative estimate of drug-likeness (QED) is 0.870. The Balaban J connectivity index is 1.82. The van der Waals surface area contributed by atoms with Gasteiger partial charge in [-0.05, 0) is 42.0 Å². The van der Waals surface area contributed by atoms with E-state index < -0.39 is 0 Å². The Morgan fingerprint density at radius 3 is 2.67 bits per heavy atom. The fraction of sp³-hybridized carbons (Fsp3) is 0.600. The van der Waals surface area contributed by atoms with Crippen molar-refractivity contribution < 1.29 is 9.13 Å². The highest BCUT2D eigenvalue weighted by Crippen LogP contribution is 2.24. The number of benzene rings is 1. The van der Waals surface area contributed by atoms with Gasteiger partial charge in [-0.25, -0.2) is 4.39 Å². The van der Waals surface area contributed by atoms with Gasteiger partial charge in [0.05, 0.1) is 6.61 Å². The van der Waals surface area contributed by atoms with E-state index in [9.17, 15) is 4.39 Å². The smallest absolute Gasteiger partial charge is 0.123 e. The minimum absolute atomic E-state index is 0.230. The summed E-state index contributed by atoms with van der Waals surface area (Å²) in [6.45, 7) is 1.73. The van der Waals surface area contributed by atoms with E-state index in [4.69, 9.17) is 10.5 Å². The van der Waals surface area contributed by atoms with Gasteiger partial charge >= 0.3 is 0 Å². The third kappa shape index (κ3) is 3.79. The molecule has 0 heterocycles. The Hall–Kier alpha value is -0.930. The van der Waals surface area contributed by atoms with E-state index in [1.165, 1.54) is 44.2 Å². The molecule has 0 saturated heterocycles. The van der Waals surface area contributed by atoms with E-state index in [-0.39, 0.29) is 5.82 Å². The zero-order valence-corrected chi connectivity index (χ0v) is 10.8. The molecule has 1 aromatic rings. The van der Waals surface area contributed by atoms with Crippen LogP contribution in [0, 0.1) is 11.7 Å². The van der Waals surface area contributed by atoms with E-state index in [0.29, 0.717) is 19.1 Å². The Kier molecular flexibility index (Phi) is 5.14. The molecule has 1 aromatic carbocycles. The summed E-state index contributed by atoms with van der Waals surface area (Å²) in [6, 6.07) is 4.75. The van der Waals surface area contributed by atoms with E-state index >= 15 is 0 Å². The summed E-state index contributed by atoms with van der Waals surface area (Å²) in [6.07, 6.45) is 6.60. The summed E-state index contributed by atoms with van der Waals surface area (Å²) >= 11 is 0. The van der Waals surface area contributed by atoms with E-state index in [0.717, 1.165) is 17.7 Å². The zero-order valence-electron chi connectivity index (χ0n) is 10.8. The van der Waals surface area contributed by atoms with Crippen molar-refractivity contribution in [2.75, 3.05) is 6.61 Å². The van der Waals surface area contributed by atoms with Gasteiger partial charge in [0.2, 0.25) is 0 Å². The van der Waals surface area contributed by atoms with Crippen LogP contribution in [-0.2, 0) is 17.9 Å². The number of nitrogens with two attached hydrogens (primary N) is 1. The van der Waals surface area contributed by atoms with Gasteiger partial charge in [-0.3, -0.25) is 0 Å². The number of hydrogen-bond donors (Lipinski definition) is 1. The predicted molar refractivity (Wildman–Crippen MR) is 70.5 cm³/mol. The summed E-state index contributed by atoms with van der Waals surface area (Å²) in [5.41, 5.74) is 7.47. The lowest BCUT2D eigenvalue weighted by molar-refractivity contribution is 0.0735. The van der Waals surface area contributed by atoms with Crippen LogP contribution in [0.5, 0.6) is 0 Å². The second-order valence-electron chi connectivity index (χ2n) is 5.14. The number of ether oxygens (including phenoxy) is 1. The summed E-state index contributed by atoms with van der Waals surface area (Å²) in [4.78, 5) is 0. The normalized spacial score (nSPS) is 17.0. The van der Waals surface area contributed by atoms with Crippen molar-refractivity contribution in [3.63, 3.8) is 0 Å². The molecule has 1 aliphatic rings. The minimum Gasteiger partial charge on any atom is -0.376 e. The zero-order chi connectivity index (χ0) is 12.8. The third-order valence-corrected chi connectivity index (χ3v) is 3.72. The first-order valence-electron chi connectivity index (χ1n) is 6.84. The van der Waals surface area contributed by atoms with Crippen LogP contribution in [0.3, 0.4) is 0 Å². The first-order valence-corrected chi connectivity index (χ1v) is 6.84. The monoisotopic (exact) mass is 251 g/mol. The molecule has 0 spiro atoms. The van der Waals surface area contributed by atoms with Gasteiger partial charge < -0.3 is 10.5 Å². The molecule has 2 N–H and O–H groups in total. The molecule has 0 bridgehead atoms. The molecule has 3 heteroatoms. The molecule has 0 unspecified atom stereocenters. The summed E-state index contributed by atoms with van der Waals surface area (Å²) in [5.74, 6) is 0.479. The third-order valence-electron chi connectivity index (χ3n) is 3.72. The van der Waals surface area contributed by atoms with Gasteiger partial charge in [-0.2, -0.15) is 0 Å². The van der Waals surface area contributed by atoms with Gasteiger partial charge in [-0.15, -0.1) is 0 Å². The first kappa shape index (κ1) is 13.5. The SMILES string of the molecule is NCc1cc(F)ccc1COCC1CCCCC1. The molecule has 2 rings (SSSR count). The van der Waals surface area contributed by atoms with Gasteiger partial charge in [0, 0.05) is 13.2 Å². The average Bonchev–Trinajstić information content (AvgIpc) is 2.41. The van der Waals surface area contributed by atoms with Gasteiger partial charge in [0.25, 0.3) is 0 Å². The molecule has 18 heavy (non-hydrogen) atoms. The van der Waals surface area contributed by atoms with Gasteiger partial charge in [0.1, 0.15) is 5.82 Å². The van der Waals surface area contributed by atoms with Crippen LogP contribution in [0.15, 0.2) is 18.2 Å². The second kappa shape index (κ2) is 6.86. The highest BCUT2D eigenvalue weighted by atomic mass is 19.1. The highest BCUT2D eigenvalue weighted by Gasteiger charge is 2.13. The second-order valence-corrected chi connectivity index (χ2v) is 5.14. The molecule has 2 nitrogen and oxygen atoms in total. The summed E-state index contributed by atoms with van der Waals surface area (Å²) in [5, 5.41) is 0. The topological polar surface area (TPSA) is 35.2 Å². The van der Waals surface area contributed by atoms with Crippen LogP contribution in [0.4, 0.5) is 4.39 Å². The average molecular weight is 251 g/mol. The van der Waals surface area contributed by atoms with Crippen molar-refractivity contribution in [1.82, 2.24) is 0 Å². The lowest BCUT2D eigenvalue weighted by atomic mass is 9.90. The van der Waals surface area contributed by atoms with Crippen molar-refractivity contribution in [1.29, 1.82) is 0 Å². The molecule has 0 radical (unpaired) electrons. The van der Waals surface area contributed by atoms with Crippen molar-refractivity contribution in [2.45, 2.75) is 45.3 Å². The van der Waals surface area contributed by atoms with Crippen LogP contribution < -0.4 is 5.73 Å². The maximum absolute atomic E-state index is 13.1. The Morgan fingerprint density at radius 1 is 1.17 bits per heavy atom. The maximum atomic E-state index is 13.1. The van der Waals surface area contributed by atoms with Gasteiger partial charge in [-0.1, -0.05) is 25.3 Å². The largest absolute Gasteiger partial charge is 0.376 e. The summed E-state index contributed by atoms with van der Waals surface area (Å²) in [7, 11) is 0. The lowest BCUT2D eigenvalue weighted by Gasteiger charge is -2.21. The van der Waals surface area contributed by atoms with Crippen molar-refractivity contribution >= 4 is 0 Å². The first-order chi connectivity index (χ1) is 8.79. The van der Waals surface area contributed by atoms with Crippen LogP contribution in [0.2, 0.25) is 0 Å². The number of halogens is 1. The van der Waals surface area contributed by atoms with E-state index in [1.54, 1.807) is 6.07 Å². The van der Waals surface area contributed by atoms with E-state index in [2.05, 4.69) is 0 Å². The molecule has 100 valence electrons. The highest BCUT2D eigenvalue weighted by molar-refractivity contribution is 5.27. The van der Waals surface area contributed by atoms with Crippen LogP contribution in [0.1, 0.15) is 43.2 Å². The fourth-order valence-corrected chi connectivity index (χ4v) is 2.61. The standard InChI is InChI=1S/C15H22FNO/c16-15-7-6-13(14(8-15)9-17)11-18-10-12-4-2-1-3-5-12/h6-8,12H,1-5,9-11,17H2. The molecular formula is C15H22FNO. The van der Waals surface area contributed by atoms with E-state index in [1.807, 2.05) is 0 Å². The molecule has 1 saturated carbocycles. The van der Waals surface area contributed by atoms with Crippen LogP contribution in [-0.4, -0.2) is 6.61 Å². The minimum atomic E-state index is -0.230. The van der Waals surface area contributed by atoms with Gasteiger partial charge in [0.15, 0.2) is 0 Å². The Bertz CT molecular complexity index is 375. The van der Waals surface area contributed by atoms with Crippen LogP contribution in [0.25, 0.3) is 0 Å². The molecule has 0 atom stereocenters. The van der Waals surface area contributed by atoms with Crippen molar-refractivity contribution in [3.8, 4) is 0 Å². The molecule has 0 amide bonds. The molecule has 1 fully saturated rings. The summed E-state index contributed by atoms with van der Waals surface area (Å²) < 4.78 is 18.8. The Morgan fingerprint density at radius 2 is 1.94 bits per heavy atom. The molecular weight excluding hydrogens is 229 g/mol. The number of hydrogen-bond acceptors (Lipinski definition) is 2. The van der Waals surface area contributed by atoms with Crippen molar-refractivity contribution in [3.05, 3.63) is 35.1 Å². The fourth-order valence-electron chi connectivity index (χ4n) is 2.61. The maximum Gasteiger partial charge on any atom is 0.123 e. The number of rotatable bonds is 5.